The van der Waals surface area contributed by atoms with Crippen LogP contribution in [0.15, 0.2) is 66.1 Å². The molecule has 1 heterocycles. The lowest BCUT2D eigenvalue weighted by Crippen LogP contribution is -2.42. The standard InChI is InChI=1S/C18H19NO4S/c1-3-18(20)11-12-19(17-13-14(23-2)9-10-16(17)18)24(21,22)15-7-5-4-6-8-15/h3-10,13,20H,1,11-12H2,2H3/t18-/m0/s1. The van der Waals surface area contributed by atoms with Gasteiger partial charge in [0.1, 0.15) is 11.4 Å². The number of sulfonamides is 1. The SMILES string of the molecule is C=C[C@]1(O)CCN(S(=O)(=O)c2ccccc2)c2cc(OC)ccc21. The van der Waals surface area contributed by atoms with Gasteiger partial charge in [0.15, 0.2) is 0 Å². The molecule has 0 saturated heterocycles. The van der Waals surface area contributed by atoms with Crippen LogP contribution in [0.5, 0.6) is 5.75 Å². The maximum atomic E-state index is 13.0. The van der Waals surface area contributed by atoms with Crippen LogP contribution in [0.2, 0.25) is 0 Å². The van der Waals surface area contributed by atoms with Crippen molar-refractivity contribution in [3.05, 3.63) is 66.7 Å². The largest absolute Gasteiger partial charge is 0.497 e. The highest BCUT2D eigenvalue weighted by Crippen LogP contribution is 2.43. The van der Waals surface area contributed by atoms with E-state index in [9.17, 15) is 13.5 Å². The fourth-order valence-corrected chi connectivity index (χ4v) is 4.42. The molecular formula is C18H19NO4S. The van der Waals surface area contributed by atoms with Gasteiger partial charge in [0.2, 0.25) is 0 Å². The van der Waals surface area contributed by atoms with Crippen molar-refractivity contribution in [2.24, 2.45) is 0 Å². The quantitative estimate of drug-likeness (QED) is 0.865. The summed E-state index contributed by atoms with van der Waals surface area (Å²) in [5.74, 6) is 0.523. The first-order chi connectivity index (χ1) is 11.4. The van der Waals surface area contributed by atoms with Gasteiger partial charge < -0.3 is 9.84 Å². The Bertz CT molecular complexity index is 864. The highest BCUT2D eigenvalue weighted by atomic mass is 32.2. The molecule has 1 aliphatic rings. The summed E-state index contributed by atoms with van der Waals surface area (Å²) in [4.78, 5) is 0.211. The van der Waals surface area contributed by atoms with Crippen LogP contribution in [0.1, 0.15) is 12.0 Å². The molecule has 24 heavy (non-hydrogen) atoms. The van der Waals surface area contributed by atoms with Crippen LogP contribution in [-0.2, 0) is 15.6 Å². The van der Waals surface area contributed by atoms with Gasteiger partial charge in [0.05, 0.1) is 17.7 Å². The van der Waals surface area contributed by atoms with E-state index in [1.165, 1.54) is 17.5 Å². The maximum absolute atomic E-state index is 13.0. The van der Waals surface area contributed by atoms with Gasteiger partial charge in [0, 0.05) is 24.6 Å². The molecule has 0 aliphatic carbocycles. The maximum Gasteiger partial charge on any atom is 0.264 e. The van der Waals surface area contributed by atoms with E-state index in [0.29, 0.717) is 17.0 Å². The van der Waals surface area contributed by atoms with Crippen molar-refractivity contribution in [1.82, 2.24) is 0 Å². The molecule has 6 heteroatoms. The van der Waals surface area contributed by atoms with Crippen LogP contribution in [0.4, 0.5) is 5.69 Å². The molecule has 0 bridgehead atoms. The highest BCUT2D eigenvalue weighted by Gasteiger charge is 2.39. The molecule has 0 fully saturated rings. The van der Waals surface area contributed by atoms with E-state index in [0.717, 1.165) is 0 Å². The van der Waals surface area contributed by atoms with Gasteiger partial charge in [-0.05, 0) is 18.2 Å². The predicted octanol–water partition coefficient (Wildman–Crippen LogP) is 2.67. The van der Waals surface area contributed by atoms with Crippen LogP contribution in [0.3, 0.4) is 0 Å². The number of rotatable bonds is 4. The highest BCUT2D eigenvalue weighted by molar-refractivity contribution is 7.92. The zero-order valence-electron chi connectivity index (χ0n) is 13.3. The lowest BCUT2D eigenvalue weighted by Gasteiger charge is -2.38. The normalized spacial score (nSPS) is 20.3. The second-order valence-electron chi connectivity index (χ2n) is 5.65. The average molecular weight is 345 g/mol. The van der Waals surface area contributed by atoms with Gasteiger partial charge in [-0.2, -0.15) is 0 Å². The van der Waals surface area contributed by atoms with Crippen LogP contribution in [0.25, 0.3) is 0 Å². The van der Waals surface area contributed by atoms with Gasteiger partial charge >= 0.3 is 0 Å². The molecule has 2 aromatic rings. The Hall–Kier alpha value is -2.31. The number of nitrogens with zero attached hydrogens (tertiary/aromatic N) is 1. The van der Waals surface area contributed by atoms with E-state index in [2.05, 4.69) is 6.58 Å². The monoisotopic (exact) mass is 345 g/mol. The molecular weight excluding hydrogens is 326 g/mol. The Balaban J connectivity index is 2.18. The summed E-state index contributed by atoms with van der Waals surface area (Å²) in [6, 6.07) is 13.3. The van der Waals surface area contributed by atoms with Crippen molar-refractivity contribution in [1.29, 1.82) is 0 Å². The van der Waals surface area contributed by atoms with Crippen LogP contribution >= 0.6 is 0 Å². The van der Waals surface area contributed by atoms with Crippen LogP contribution in [0, 0.1) is 0 Å². The molecule has 0 unspecified atom stereocenters. The van der Waals surface area contributed by atoms with Crippen LogP contribution < -0.4 is 9.04 Å². The fraction of sp³-hybridized carbons (Fsp3) is 0.222. The van der Waals surface area contributed by atoms with E-state index >= 15 is 0 Å². The van der Waals surface area contributed by atoms with Crippen molar-refractivity contribution >= 4 is 15.7 Å². The second kappa shape index (κ2) is 5.96. The van der Waals surface area contributed by atoms with E-state index in [1.807, 2.05) is 0 Å². The first-order valence-corrected chi connectivity index (χ1v) is 8.99. The van der Waals surface area contributed by atoms with E-state index < -0.39 is 15.6 Å². The van der Waals surface area contributed by atoms with Gasteiger partial charge in [-0.25, -0.2) is 8.42 Å². The van der Waals surface area contributed by atoms with Gasteiger partial charge in [-0.3, -0.25) is 4.31 Å². The van der Waals surface area contributed by atoms with E-state index in [-0.39, 0.29) is 17.9 Å². The van der Waals surface area contributed by atoms with Crippen molar-refractivity contribution in [3.8, 4) is 5.75 Å². The third-order valence-electron chi connectivity index (χ3n) is 4.30. The van der Waals surface area contributed by atoms with Gasteiger partial charge in [0.25, 0.3) is 10.0 Å². The zero-order valence-corrected chi connectivity index (χ0v) is 14.2. The first-order valence-electron chi connectivity index (χ1n) is 7.55. The van der Waals surface area contributed by atoms with Crippen LogP contribution in [-0.4, -0.2) is 27.2 Å². The summed E-state index contributed by atoms with van der Waals surface area (Å²) in [5.41, 5.74) is -0.347. The van der Waals surface area contributed by atoms with Gasteiger partial charge in [-0.15, -0.1) is 0 Å². The topological polar surface area (TPSA) is 66.8 Å². The molecule has 1 aliphatic heterocycles. The molecule has 3 rings (SSSR count). The van der Waals surface area contributed by atoms with E-state index in [4.69, 9.17) is 4.74 Å². The number of benzene rings is 2. The number of ether oxygens (including phenoxy) is 1. The molecule has 0 aromatic heterocycles. The molecule has 0 saturated carbocycles. The van der Waals surface area contributed by atoms with Gasteiger partial charge in [-0.1, -0.05) is 36.9 Å². The summed E-state index contributed by atoms with van der Waals surface area (Å²) in [7, 11) is -2.21. The lowest BCUT2D eigenvalue weighted by atomic mass is 9.86. The summed E-state index contributed by atoms with van der Waals surface area (Å²) < 4.78 is 32.6. The van der Waals surface area contributed by atoms with Crippen molar-refractivity contribution in [2.45, 2.75) is 16.9 Å². The Morgan fingerprint density at radius 2 is 1.96 bits per heavy atom. The Labute approximate surface area is 141 Å². The third kappa shape index (κ3) is 2.57. The Morgan fingerprint density at radius 1 is 1.25 bits per heavy atom. The number of methoxy groups -OCH3 is 1. The number of anilines is 1. The Kier molecular flexibility index (Phi) is 4.11. The molecule has 1 N–H and O–H groups in total. The molecule has 2 aromatic carbocycles. The fourth-order valence-electron chi connectivity index (χ4n) is 2.92. The number of fused-ring (bicyclic) bond motifs is 1. The molecule has 0 spiro atoms. The summed E-state index contributed by atoms with van der Waals surface area (Å²) in [6.45, 7) is 3.85. The summed E-state index contributed by atoms with van der Waals surface area (Å²) in [6.07, 6.45) is 1.69. The predicted molar refractivity (Wildman–Crippen MR) is 92.7 cm³/mol. The van der Waals surface area contributed by atoms with E-state index in [1.54, 1.807) is 48.5 Å². The number of hydrogen-bond donors (Lipinski definition) is 1. The minimum absolute atomic E-state index is 0.153. The molecule has 0 amide bonds. The molecule has 5 nitrogen and oxygen atoms in total. The third-order valence-corrected chi connectivity index (χ3v) is 6.13. The van der Waals surface area contributed by atoms with Crippen molar-refractivity contribution in [3.63, 3.8) is 0 Å². The number of aliphatic hydroxyl groups is 1. The summed E-state index contributed by atoms with van der Waals surface area (Å²) in [5, 5.41) is 10.8. The smallest absolute Gasteiger partial charge is 0.264 e. The average Bonchev–Trinajstić information content (AvgIpc) is 2.62. The lowest BCUT2D eigenvalue weighted by molar-refractivity contribution is 0.0793. The first kappa shape index (κ1) is 16.5. The Morgan fingerprint density at radius 3 is 2.58 bits per heavy atom. The van der Waals surface area contributed by atoms with Crippen molar-refractivity contribution in [2.75, 3.05) is 18.0 Å². The minimum Gasteiger partial charge on any atom is -0.497 e. The molecule has 1 atom stereocenters. The number of hydrogen-bond acceptors (Lipinski definition) is 4. The molecule has 126 valence electrons. The zero-order chi connectivity index (χ0) is 17.4. The minimum atomic E-state index is -3.73. The molecule has 0 radical (unpaired) electrons. The summed E-state index contributed by atoms with van der Waals surface area (Å²) >= 11 is 0. The van der Waals surface area contributed by atoms with Crippen molar-refractivity contribution < 1.29 is 18.3 Å². The second-order valence-corrected chi connectivity index (χ2v) is 7.51.